The van der Waals surface area contributed by atoms with Crippen molar-refractivity contribution in [2.24, 2.45) is 5.92 Å². The van der Waals surface area contributed by atoms with Crippen LogP contribution in [0.4, 0.5) is 0 Å². The molecular weight excluding hydrogens is 350 g/mol. The molecular formula is C24H45NO3. The van der Waals surface area contributed by atoms with Gasteiger partial charge in [0, 0.05) is 13.0 Å². The van der Waals surface area contributed by atoms with Gasteiger partial charge in [0.1, 0.15) is 6.54 Å². The maximum atomic E-state index is 12.3. The minimum atomic E-state index is -0.269. The fraction of sp³-hybridized carbons (Fsp3) is 0.917. The van der Waals surface area contributed by atoms with Gasteiger partial charge in [0.15, 0.2) is 0 Å². The predicted molar refractivity (Wildman–Crippen MR) is 116 cm³/mol. The van der Waals surface area contributed by atoms with Gasteiger partial charge in [-0.3, -0.25) is 9.59 Å². The monoisotopic (exact) mass is 395 g/mol. The zero-order chi connectivity index (χ0) is 20.5. The summed E-state index contributed by atoms with van der Waals surface area (Å²) in [5, 5.41) is 0. The molecule has 1 amide bonds. The van der Waals surface area contributed by atoms with Gasteiger partial charge >= 0.3 is 5.97 Å². The average molecular weight is 396 g/mol. The Labute approximate surface area is 173 Å². The van der Waals surface area contributed by atoms with Crippen molar-refractivity contribution in [2.75, 3.05) is 20.2 Å². The van der Waals surface area contributed by atoms with E-state index < -0.39 is 0 Å². The summed E-state index contributed by atoms with van der Waals surface area (Å²) in [5.74, 6) is -0.0420. The number of hydrogen-bond donors (Lipinski definition) is 0. The quantitative estimate of drug-likeness (QED) is 0.228. The molecule has 0 saturated heterocycles. The van der Waals surface area contributed by atoms with Gasteiger partial charge in [-0.2, -0.15) is 0 Å². The molecule has 0 aliphatic heterocycles. The molecule has 1 aliphatic carbocycles. The fourth-order valence-electron chi connectivity index (χ4n) is 4.11. The summed E-state index contributed by atoms with van der Waals surface area (Å²) in [6.45, 7) is 2.84. The number of hydrogen-bond acceptors (Lipinski definition) is 3. The molecule has 0 aromatic carbocycles. The van der Waals surface area contributed by atoms with Gasteiger partial charge in [0.2, 0.25) is 5.91 Å². The van der Waals surface area contributed by atoms with E-state index in [2.05, 4.69) is 6.92 Å². The molecule has 0 heterocycles. The maximum Gasteiger partial charge on any atom is 0.325 e. The van der Waals surface area contributed by atoms with Crippen molar-refractivity contribution in [3.63, 3.8) is 0 Å². The lowest BCUT2D eigenvalue weighted by atomic mass is 9.88. The highest BCUT2D eigenvalue weighted by atomic mass is 16.5. The molecule has 0 N–H and O–H groups in total. The molecule has 1 rings (SSSR count). The first kappa shape index (κ1) is 25.0. The van der Waals surface area contributed by atoms with Crippen LogP contribution in [0.15, 0.2) is 0 Å². The third-order valence-electron chi connectivity index (χ3n) is 5.96. The van der Waals surface area contributed by atoms with Crippen molar-refractivity contribution >= 4 is 11.9 Å². The van der Waals surface area contributed by atoms with Crippen molar-refractivity contribution in [2.45, 2.75) is 116 Å². The van der Waals surface area contributed by atoms with Crippen LogP contribution in [-0.2, 0) is 14.3 Å². The normalized spacial score (nSPS) is 14.8. The molecule has 1 saturated carbocycles. The lowest BCUT2D eigenvalue weighted by Crippen LogP contribution is -2.38. The second-order valence-electron chi connectivity index (χ2n) is 8.64. The first-order chi connectivity index (χ1) is 13.6. The van der Waals surface area contributed by atoms with Gasteiger partial charge in [0.25, 0.3) is 0 Å². The summed E-state index contributed by atoms with van der Waals surface area (Å²) >= 11 is 0. The van der Waals surface area contributed by atoms with Crippen molar-refractivity contribution in [3.8, 4) is 0 Å². The van der Waals surface area contributed by atoms with Crippen LogP contribution in [0.2, 0.25) is 0 Å². The number of likely N-dealkylation sites (N-methyl/N-ethyl adjacent to an activating group) is 1. The Kier molecular flexibility index (Phi) is 15.0. The van der Waals surface area contributed by atoms with E-state index in [0.717, 1.165) is 38.5 Å². The number of rotatable bonds is 16. The molecule has 1 fully saturated rings. The van der Waals surface area contributed by atoms with Crippen LogP contribution in [0, 0.1) is 5.92 Å². The number of esters is 1. The molecule has 0 radical (unpaired) electrons. The second-order valence-corrected chi connectivity index (χ2v) is 8.64. The molecule has 1 aliphatic rings. The first-order valence-corrected chi connectivity index (χ1v) is 12.1. The van der Waals surface area contributed by atoms with Crippen LogP contribution >= 0.6 is 0 Å². The molecule has 0 aromatic heterocycles. The van der Waals surface area contributed by atoms with Gasteiger partial charge in [-0.05, 0) is 19.3 Å². The number of carbonyl (C=O) groups is 2. The summed E-state index contributed by atoms with van der Waals surface area (Å²) in [6.07, 6.45) is 21.0. The average Bonchev–Trinajstić information content (AvgIpc) is 2.71. The van der Waals surface area contributed by atoms with Crippen molar-refractivity contribution in [3.05, 3.63) is 0 Å². The van der Waals surface area contributed by atoms with E-state index in [0.29, 0.717) is 6.61 Å². The fourth-order valence-corrected chi connectivity index (χ4v) is 4.11. The smallest absolute Gasteiger partial charge is 0.325 e. The third kappa shape index (κ3) is 12.4. The lowest BCUT2D eigenvalue weighted by molar-refractivity contribution is -0.150. The summed E-state index contributed by atoms with van der Waals surface area (Å²) in [4.78, 5) is 25.8. The highest BCUT2D eigenvalue weighted by Gasteiger charge is 2.25. The largest absolute Gasteiger partial charge is 0.464 e. The third-order valence-corrected chi connectivity index (χ3v) is 5.96. The van der Waals surface area contributed by atoms with E-state index in [9.17, 15) is 9.59 Å². The number of nitrogens with zero attached hydrogens (tertiary/aromatic N) is 1. The Balaban J connectivity index is 1.90. The van der Waals surface area contributed by atoms with Gasteiger partial charge in [0.05, 0.1) is 6.61 Å². The molecule has 0 unspecified atom stereocenters. The van der Waals surface area contributed by atoms with Crippen molar-refractivity contribution in [1.29, 1.82) is 0 Å². The SMILES string of the molecule is CCCCCCCCCCCCCCOC(=O)CN(C)C(=O)C1CCCCC1. The van der Waals surface area contributed by atoms with Crippen LogP contribution in [0.1, 0.15) is 116 Å². The number of carbonyl (C=O) groups excluding carboxylic acids is 2. The van der Waals surface area contributed by atoms with E-state index in [1.807, 2.05) is 0 Å². The van der Waals surface area contributed by atoms with Crippen LogP contribution in [0.5, 0.6) is 0 Å². The summed E-state index contributed by atoms with van der Waals surface area (Å²) in [7, 11) is 1.72. The molecule has 0 atom stereocenters. The van der Waals surface area contributed by atoms with E-state index >= 15 is 0 Å². The van der Waals surface area contributed by atoms with Crippen LogP contribution < -0.4 is 0 Å². The molecule has 4 nitrogen and oxygen atoms in total. The van der Waals surface area contributed by atoms with Gasteiger partial charge in [-0.1, -0.05) is 96.8 Å². The highest BCUT2D eigenvalue weighted by molar-refractivity contribution is 5.83. The molecule has 0 spiro atoms. The number of unbranched alkanes of at least 4 members (excludes halogenated alkanes) is 11. The lowest BCUT2D eigenvalue weighted by Gasteiger charge is -2.25. The van der Waals surface area contributed by atoms with E-state index in [1.54, 1.807) is 11.9 Å². The zero-order valence-corrected chi connectivity index (χ0v) is 18.7. The van der Waals surface area contributed by atoms with E-state index in [4.69, 9.17) is 4.74 Å². The van der Waals surface area contributed by atoms with Crippen LogP contribution in [-0.4, -0.2) is 37.0 Å². The summed E-state index contributed by atoms with van der Waals surface area (Å²) in [5.41, 5.74) is 0. The van der Waals surface area contributed by atoms with Crippen LogP contribution in [0.3, 0.4) is 0 Å². The summed E-state index contributed by atoms with van der Waals surface area (Å²) < 4.78 is 5.31. The molecule has 0 aromatic rings. The highest BCUT2D eigenvalue weighted by Crippen LogP contribution is 2.25. The Hall–Kier alpha value is -1.06. The van der Waals surface area contributed by atoms with Gasteiger partial charge < -0.3 is 9.64 Å². The summed E-state index contributed by atoms with van der Waals surface area (Å²) in [6, 6.07) is 0. The van der Waals surface area contributed by atoms with Gasteiger partial charge in [-0.15, -0.1) is 0 Å². The second kappa shape index (κ2) is 16.9. The standard InChI is InChI=1S/C24H45NO3/c1-3-4-5-6-7-8-9-10-11-12-13-17-20-28-23(26)21-25(2)24(27)22-18-15-14-16-19-22/h22H,3-21H2,1-2H3. The molecule has 28 heavy (non-hydrogen) atoms. The predicted octanol–water partition coefficient (Wildman–Crippen LogP) is 6.27. The number of ether oxygens (including phenoxy) is 1. The Morgan fingerprint density at radius 3 is 1.82 bits per heavy atom. The molecule has 164 valence electrons. The van der Waals surface area contributed by atoms with Crippen LogP contribution in [0.25, 0.3) is 0 Å². The minimum Gasteiger partial charge on any atom is -0.464 e. The minimum absolute atomic E-state index is 0.0909. The number of amides is 1. The molecule has 4 heteroatoms. The van der Waals surface area contributed by atoms with Gasteiger partial charge in [-0.25, -0.2) is 0 Å². The Bertz CT molecular complexity index is 405. The van der Waals surface area contributed by atoms with Crippen molar-refractivity contribution < 1.29 is 14.3 Å². The Morgan fingerprint density at radius 1 is 0.786 bits per heavy atom. The Morgan fingerprint density at radius 2 is 1.29 bits per heavy atom. The molecule has 0 bridgehead atoms. The zero-order valence-electron chi connectivity index (χ0n) is 18.7. The first-order valence-electron chi connectivity index (χ1n) is 12.1. The van der Waals surface area contributed by atoms with E-state index in [-0.39, 0.29) is 24.3 Å². The maximum absolute atomic E-state index is 12.3. The van der Waals surface area contributed by atoms with Crippen molar-refractivity contribution in [1.82, 2.24) is 4.90 Å². The van der Waals surface area contributed by atoms with E-state index in [1.165, 1.54) is 70.6 Å². The topological polar surface area (TPSA) is 46.6 Å².